The standard InChI is InChI=1S/C18H19N3O3/c1-18(2,3)21-11-12(10-19-21)9-15-17(22)24-16(20-15)13-5-7-14(23-4)8-6-13/h5-11H,1-4H3. The number of cyclic esters (lactones) is 1. The van der Waals surface area contributed by atoms with Gasteiger partial charge in [0.05, 0.1) is 18.8 Å². The molecule has 2 aromatic rings. The van der Waals surface area contributed by atoms with Crippen LogP contribution < -0.4 is 4.74 Å². The lowest BCUT2D eigenvalue weighted by Crippen LogP contribution is -2.21. The highest BCUT2D eigenvalue weighted by Gasteiger charge is 2.24. The lowest BCUT2D eigenvalue weighted by molar-refractivity contribution is -0.129. The molecule has 1 aliphatic rings. The Morgan fingerprint density at radius 2 is 1.92 bits per heavy atom. The molecular weight excluding hydrogens is 306 g/mol. The summed E-state index contributed by atoms with van der Waals surface area (Å²) >= 11 is 0. The number of nitrogens with zero attached hydrogens (tertiary/aromatic N) is 3. The van der Waals surface area contributed by atoms with E-state index in [4.69, 9.17) is 9.47 Å². The molecule has 1 aromatic carbocycles. The maximum atomic E-state index is 12.0. The summed E-state index contributed by atoms with van der Waals surface area (Å²) in [6.07, 6.45) is 5.25. The van der Waals surface area contributed by atoms with E-state index in [2.05, 4.69) is 30.9 Å². The lowest BCUT2D eigenvalue weighted by Gasteiger charge is -2.18. The van der Waals surface area contributed by atoms with E-state index in [0.717, 1.165) is 16.9 Å². The minimum atomic E-state index is -0.468. The third kappa shape index (κ3) is 3.22. The van der Waals surface area contributed by atoms with Gasteiger partial charge in [-0.05, 0) is 51.1 Å². The number of benzene rings is 1. The fraction of sp³-hybridized carbons (Fsp3) is 0.278. The molecule has 124 valence electrons. The van der Waals surface area contributed by atoms with Crippen molar-refractivity contribution < 1.29 is 14.3 Å². The predicted octanol–water partition coefficient (Wildman–Crippen LogP) is 2.99. The van der Waals surface area contributed by atoms with E-state index in [1.807, 2.05) is 10.9 Å². The molecule has 0 atom stereocenters. The fourth-order valence-corrected chi connectivity index (χ4v) is 2.20. The van der Waals surface area contributed by atoms with Gasteiger partial charge in [0, 0.05) is 17.3 Å². The first-order valence-electron chi connectivity index (χ1n) is 7.59. The molecule has 2 heterocycles. The van der Waals surface area contributed by atoms with Gasteiger partial charge in [0.2, 0.25) is 5.90 Å². The Bertz CT molecular complexity index is 824. The molecule has 6 nitrogen and oxygen atoms in total. The Morgan fingerprint density at radius 1 is 1.21 bits per heavy atom. The Kier molecular flexibility index (Phi) is 3.97. The van der Waals surface area contributed by atoms with Crippen LogP contribution in [0.4, 0.5) is 0 Å². The van der Waals surface area contributed by atoms with E-state index in [0.29, 0.717) is 0 Å². The average Bonchev–Trinajstić information content (AvgIpc) is 3.15. The van der Waals surface area contributed by atoms with Crippen molar-refractivity contribution in [3.8, 4) is 5.75 Å². The lowest BCUT2D eigenvalue weighted by atomic mass is 10.1. The Labute approximate surface area is 140 Å². The van der Waals surface area contributed by atoms with Gasteiger partial charge in [-0.1, -0.05) is 0 Å². The molecule has 0 fully saturated rings. The molecule has 0 bridgehead atoms. The van der Waals surface area contributed by atoms with Gasteiger partial charge in [-0.25, -0.2) is 9.79 Å². The van der Waals surface area contributed by atoms with Crippen LogP contribution in [-0.2, 0) is 15.1 Å². The number of carbonyl (C=O) groups is 1. The van der Waals surface area contributed by atoms with Crippen LogP contribution in [0.25, 0.3) is 6.08 Å². The second-order valence-corrected chi connectivity index (χ2v) is 6.45. The normalized spacial score (nSPS) is 16.2. The van der Waals surface area contributed by atoms with Crippen molar-refractivity contribution in [1.29, 1.82) is 0 Å². The molecule has 0 aliphatic carbocycles. The summed E-state index contributed by atoms with van der Waals surface area (Å²) in [6.45, 7) is 6.17. The van der Waals surface area contributed by atoms with Crippen LogP contribution in [0.5, 0.6) is 5.75 Å². The van der Waals surface area contributed by atoms with E-state index < -0.39 is 5.97 Å². The molecule has 0 saturated carbocycles. The molecule has 0 saturated heterocycles. The smallest absolute Gasteiger partial charge is 0.363 e. The number of rotatable bonds is 3. The van der Waals surface area contributed by atoms with E-state index >= 15 is 0 Å². The number of hydrogen-bond donors (Lipinski definition) is 0. The summed E-state index contributed by atoms with van der Waals surface area (Å²) in [6, 6.07) is 7.18. The van der Waals surface area contributed by atoms with Crippen LogP contribution >= 0.6 is 0 Å². The number of hydrogen-bond acceptors (Lipinski definition) is 5. The van der Waals surface area contributed by atoms with Crippen molar-refractivity contribution >= 4 is 17.9 Å². The number of methoxy groups -OCH3 is 1. The summed E-state index contributed by atoms with van der Waals surface area (Å²) in [5.74, 6) is 0.551. The first-order valence-corrected chi connectivity index (χ1v) is 7.59. The van der Waals surface area contributed by atoms with Gasteiger partial charge in [-0.3, -0.25) is 4.68 Å². The van der Waals surface area contributed by atoms with Gasteiger partial charge < -0.3 is 9.47 Å². The van der Waals surface area contributed by atoms with Crippen LogP contribution in [0.3, 0.4) is 0 Å². The van der Waals surface area contributed by atoms with Gasteiger partial charge in [0.1, 0.15) is 5.75 Å². The van der Waals surface area contributed by atoms with Crippen LogP contribution in [0.1, 0.15) is 31.9 Å². The highest BCUT2D eigenvalue weighted by molar-refractivity contribution is 6.12. The summed E-state index contributed by atoms with van der Waals surface area (Å²) in [4.78, 5) is 16.3. The molecule has 1 aliphatic heterocycles. The minimum Gasteiger partial charge on any atom is -0.497 e. The van der Waals surface area contributed by atoms with Crippen molar-refractivity contribution in [2.45, 2.75) is 26.3 Å². The zero-order valence-electron chi connectivity index (χ0n) is 14.1. The average molecular weight is 325 g/mol. The number of aromatic nitrogens is 2. The molecule has 0 spiro atoms. The van der Waals surface area contributed by atoms with Gasteiger partial charge in [-0.2, -0.15) is 5.10 Å². The summed E-state index contributed by atoms with van der Waals surface area (Å²) < 4.78 is 12.2. The zero-order valence-corrected chi connectivity index (χ0v) is 14.1. The molecule has 3 rings (SSSR count). The van der Waals surface area contributed by atoms with Crippen molar-refractivity contribution in [2.24, 2.45) is 4.99 Å². The molecule has 24 heavy (non-hydrogen) atoms. The summed E-state index contributed by atoms with van der Waals surface area (Å²) in [7, 11) is 1.60. The first kappa shape index (κ1) is 16.0. The van der Waals surface area contributed by atoms with E-state index in [1.165, 1.54) is 0 Å². The van der Waals surface area contributed by atoms with Crippen molar-refractivity contribution in [1.82, 2.24) is 9.78 Å². The number of esters is 1. The topological polar surface area (TPSA) is 65.7 Å². The molecule has 1 aromatic heterocycles. The van der Waals surface area contributed by atoms with E-state index in [-0.39, 0.29) is 17.1 Å². The Morgan fingerprint density at radius 3 is 2.50 bits per heavy atom. The zero-order chi connectivity index (χ0) is 17.3. The van der Waals surface area contributed by atoms with Crippen molar-refractivity contribution in [2.75, 3.05) is 7.11 Å². The number of carbonyl (C=O) groups excluding carboxylic acids is 1. The summed E-state index contributed by atoms with van der Waals surface area (Å²) in [5.41, 5.74) is 1.66. The predicted molar refractivity (Wildman–Crippen MR) is 90.8 cm³/mol. The molecule has 0 radical (unpaired) electrons. The van der Waals surface area contributed by atoms with Crippen molar-refractivity contribution in [3.63, 3.8) is 0 Å². The first-order chi connectivity index (χ1) is 11.4. The highest BCUT2D eigenvalue weighted by Crippen LogP contribution is 2.21. The monoisotopic (exact) mass is 325 g/mol. The maximum Gasteiger partial charge on any atom is 0.363 e. The summed E-state index contributed by atoms with van der Waals surface area (Å²) in [5, 5.41) is 4.31. The molecule has 0 unspecified atom stereocenters. The second-order valence-electron chi connectivity index (χ2n) is 6.45. The maximum absolute atomic E-state index is 12.0. The third-order valence-electron chi connectivity index (χ3n) is 3.55. The number of ether oxygens (including phenoxy) is 2. The molecule has 0 N–H and O–H groups in total. The van der Waals surface area contributed by atoms with Gasteiger partial charge in [0.15, 0.2) is 5.70 Å². The van der Waals surface area contributed by atoms with Crippen LogP contribution in [-0.4, -0.2) is 28.8 Å². The van der Waals surface area contributed by atoms with Gasteiger partial charge in [0.25, 0.3) is 0 Å². The second kappa shape index (κ2) is 5.96. The quantitative estimate of drug-likeness (QED) is 0.643. The Hall–Kier alpha value is -2.89. The van der Waals surface area contributed by atoms with Crippen LogP contribution in [0.15, 0.2) is 47.3 Å². The highest BCUT2D eigenvalue weighted by atomic mass is 16.6. The van der Waals surface area contributed by atoms with E-state index in [1.54, 1.807) is 43.6 Å². The van der Waals surface area contributed by atoms with Crippen molar-refractivity contribution in [3.05, 3.63) is 53.5 Å². The fourth-order valence-electron chi connectivity index (χ4n) is 2.20. The Balaban J connectivity index is 1.86. The molecular formula is C18H19N3O3. The van der Waals surface area contributed by atoms with Crippen LogP contribution in [0.2, 0.25) is 0 Å². The van der Waals surface area contributed by atoms with Gasteiger partial charge >= 0.3 is 5.97 Å². The third-order valence-corrected chi connectivity index (χ3v) is 3.55. The number of aliphatic imine (C=N–C) groups is 1. The van der Waals surface area contributed by atoms with Crippen LogP contribution in [0, 0.1) is 0 Å². The minimum absolute atomic E-state index is 0.121. The van der Waals surface area contributed by atoms with E-state index in [9.17, 15) is 4.79 Å². The van der Waals surface area contributed by atoms with Gasteiger partial charge in [-0.15, -0.1) is 0 Å². The SMILES string of the molecule is COc1ccc(C2=NC(=Cc3cnn(C(C)(C)C)c3)C(=O)O2)cc1. The largest absolute Gasteiger partial charge is 0.497 e. The molecule has 0 amide bonds. The molecule has 6 heteroatoms.